The first-order chi connectivity index (χ1) is 7.09. The second kappa shape index (κ2) is 3.88. The van der Waals surface area contributed by atoms with Gasteiger partial charge in [0.2, 0.25) is 0 Å². The van der Waals surface area contributed by atoms with Gasteiger partial charge in [-0.1, -0.05) is 0 Å². The summed E-state index contributed by atoms with van der Waals surface area (Å²) >= 11 is 1.51. The van der Waals surface area contributed by atoms with Crippen molar-refractivity contribution in [2.45, 2.75) is 5.91 Å². The van der Waals surface area contributed by atoms with Crippen molar-refractivity contribution in [1.29, 1.82) is 0 Å². The molecule has 0 spiro atoms. The molecular weight excluding hydrogens is 214 g/mol. The zero-order chi connectivity index (χ0) is 10.9. The molecule has 1 saturated heterocycles. The number of rotatable bonds is 1. The van der Waals surface area contributed by atoms with Crippen molar-refractivity contribution in [2.24, 2.45) is 0 Å². The Morgan fingerprint density at radius 3 is 2.87 bits per heavy atom. The molecule has 4 N–H and O–H groups in total. The second-order valence-corrected chi connectivity index (χ2v) is 4.53. The quantitative estimate of drug-likeness (QED) is 0.579. The summed E-state index contributed by atoms with van der Waals surface area (Å²) in [6, 6.07) is 3.38. The minimum absolute atomic E-state index is 0.263. The predicted molar refractivity (Wildman–Crippen MR) is 60.5 cm³/mol. The molecule has 0 saturated carbocycles. The molecule has 1 aromatic heterocycles. The molecule has 5 nitrogen and oxygen atoms in total. The Kier molecular flexibility index (Phi) is 2.72. The molecule has 0 aliphatic carbocycles. The third kappa shape index (κ3) is 2.17. The van der Waals surface area contributed by atoms with E-state index in [0.29, 0.717) is 18.1 Å². The predicted octanol–water partition coefficient (Wildman–Crippen LogP) is -0.145. The molecule has 0 bridgehead atoms. The maximum atomic E-state index is 9.75. The maximum absolute atomic E-state index is 9.75. The van der Waals surface area contributed by atoms with Crippen LogP contribution in [0.25, 0.3) is 0 Å². The number of hydrogen-bond acceptors (Lipinski definition) is 6. The number of hydrogen-bond donors (Lipinski definition) is 3. The Hall–Kier alpha value is -0.980. The smallest absolute Gasteiger partial charge is 0.257 e. The molecule has 2 rings (SSSR count). The van der Waals surface area contributed by atoms with Gasteiger partial charge in [0.15, 0.2) is 0 Å². The zero-order valence-corrected chi connectivity index (χ0v) is 8.94. The summed E-state index contributed by atoms with van der Waals surface area (Å²) in [7, 11) is 0. The highest BCUT2D eigenvalue weighted by Gasteiger charge is 2.35. The Morgan fingerprint density at radius 2 is 2.27 bits per heavy atom. The molecule has 0 radical (unpaired) electrons. The highest BCUT2D eigenvalue weighted by atomic mass is 32.2. The van der Waals surface area contributed by atoms with E-state index in [2.05, 4.69) is 4.98 Å². The van der Waals surface area contributed by atoms with Crippen LogP contribution >= 0.6 is 11.8 Å². The fraction of sp³-hybridized carbons (Fsp3) is 0.444. The molecular formula is C9H13N3O2S. The Morgan fingerprint density at radius 1 is 1.47 bits per heavy atom. The molecule has 0 atom stereocenters. The highest BCUT2D eigenvalue weighted by Crippen LogP contribution is 2.26. The van der Waals surface area contributed by atoms with Gasteiger partial charge in [0.1, 0.15) is 5.82 Å². The van der Waals surface area contributed by atoms with Gasteiger partial charge in [0, 0.05) is 12.3 Å². The van der Waals surface area contributed by atoms with Gasteiger partial charge >= 0.3 is 0 Å². The summed E-state index contributed by atoms with van der Waals surface area (Å²) in [5, 5.41) is 19.5. The van der Waals surface area contributed by atoms with E-state index < -0.39 is 5.91 Å². The van der Waals surface area contributed by atoms with E-state index in [4.69, 9.17) is 5.73 Å². The Labute approximate surface area is 91.9 Å². The molecule has 0 amide bonds. The first-order valence-corrected chi connectivity index (χ1v) is 5.77. The number of nitrogens with two attached hydrogens (primary N) is 1. The lowest BCUT2D eigenvalue weighted by molar-refractivity contribution is -0.141. The highest BCUT2D eigenvalue weighted by molar-refractivity contribution is 7.99. The normalized spacial score (nSPS) is 20.3. The number of thioether (sulfide) groups is 1. The fourth-order valence-electron chi connectivity index (χ4n) is 1.48. The van der Waals surface area contributed by atoms with Crippen LogP contribution in [0.15, 0.2) is 18.3 Å². The van der Waals surface area contributed by atoms with Gasteiger partial charge in [-0.05, 0) is 12.1 Å². The summed E-state index contributed by atoms with van der Waals surface area (Å²) < 4.78 is 0. The molecule has 15 heavy (non-hydrogen) atoms. The lowest BCUT2D eigenvalue weighted by Gasteiger charge is -2.39. The lowest BCUT2D eigenvalue weighted by Crippen LogP contribution is -2.55. The number of pyridine rings is 1. The third-order valence-electron chi connectivity index (χ3n) is 2.23. The molecule has 1 fully saturated rings. The molecule has 1 aliphatic rings. The van der Waals surface area contributed by atoms with Crippen molar-refractivity contribution in [2.75, 3.05) is 28.7 Å². The third-order valence-corrected chi connectivity index (χ3v) is 3.30. The maximum Gasteiger partial charge on any atom is 0.257 e. The van der Waals surface area contributed by atoms with Crippen LogP contribution < -0.4 is 10.6 Å². The number of anilines is 2. The summed E-state index contributed by atoms with van der Waals surface area (Å²) in [6.07, 6.45) is 1.51. The van der Waals surface area contributed by atoms with Crippen LogP contribution in [0.3, 0.4) is 0 Å². The van der Waals surface area contributed by atoms with Crippen molar-refractivity contribution in [1.82, 2.24) is 4.98 Å². The van der Waals surface area contributed by atoms with Crippen molar-refractivity contribution < 1.29 is 10.2 Å². The van der Waals surface area contributed by atoms with Crippen LogP contribution in [-0.2, 0) is 0 Å². The van der Waals surface area contributed by atoms with Crippen molar-refractivity contribution in [3.63, 3.8) is 0 Å². The largest absolute Gasteiger partial charge is 0.397 e. The molecule has 2 heterocycles. The van der Waals surface area contributed by atoms with Crippen molar-refractivity contribution in [3.05, 3.63) is 18.3 Å². The van der Waals surface area contributed by atoms with Gasteiger partial charge in [0.25, 0.3) is 5.91 Å². The standard InChI is InChI=1S/C9H13N3O2S/c10-7-1-2-8(11-5-7)12-3-4-15-6-9(12,13)14/h1-2,5,13-14H,3-4,6,10H2. The van der Waals surface area contributed by atoms with E-state index in [1.165, 1.54) is 22.9 Å². The van der Waals surface area contributed by atoms with Crippen molar-refractivity contribution >= 4 is 23.3 Å². The molecule has 1 aliphatic heterocycles. The van der Waals surface area contributed by atoms with E-state index in [1.807, 2.05) is 0 Å². The van der Waals surface area contributed by atoms with Crippen LogP contribution in [0.1, 0.15) is 0 Å². The molecule has 1 aromatic rings. The number of nitrogens with zero attached hydrogens (tertiary/aromatic N) is 2. The molecule has 0 aromatic carbocycles. The van der Waals surface area contributed by atoms with Gasteiger partial charge < -0.3 is 20.8 Å². The first-order valence-electron chi connectivity index (χ1n) is 4.61. The van der Waals surface area contributed by atoms with Crippen LogP contribution in [0.5, 0.6) is 0 Å². The van der Waals surface area contributed by atoms with Crippen LogP contribution in [0.4, 0.5) is 11.5 Å². The van der Waals surface area contributed by atoms with Gasteiger partial charge in [-0.25, -0.2) is 4.98 Å². The van der Waals surface area contributed by atoms with Crippen LogP contribution in [0.2, 0.25) is 0 Å². The molecule has 6 heteroatoms. The fourth-order valence-corrected chi connectivity index (χ4v) is 2.36. The van der Waals surface area contributed by atoms with Crippen LogP contribution in [0, 0.1) is 0 Å². The first kappa shape index (κ1) is 10.5. The monoisotopic (exact) mass is 227 g/mol. The van der Waals surface area contributed by atoms with E-state index >= 15 is 0 Å². The van der Waals surface area contributed by atoms with Gasteiger partial charge in [-0.3, -0.25) is 0 Å². The molecule has 0 unspecified atom stereocenters. The summed E-state index contributed by atoms with van der Waals surface area (Å²) in [5.74, 6) is -0.158. The molecule has 82 valence electrons. The average molecular weight is 227 g/mol. The average Bonchev–Trinajstić information content (AvgIpc) is 2.19. The SMILES string of the molecule is Nc1ccc(N2CCSCC2(O)O)nc1. The zero-order valence-electron chi connectivity index (χ0n) is 8.13. The number of aromatic nitrogens is 1. The second-order valence-electron chi connectivity index (χ2n) is 3.43. The summed E-state index contributed by atoms with van der Waals surface area (Å²) in [6.45, 7) is 0.564. The van der Waals surface area contributed by atoms with Gasteiger partial charge in [0.05, 0.1) is 17.6 Å². The Bertz CT molecular complexity index is 342. The lowest BCUT2D eigenvalue weighted by atomic mass is 10.3. The van der Waals surface area contributed by atoms with Crippen LogP contribution in [-0.4, -0.2) is 39.2 Å². The number of nitrogen functional groups attached to an aromatic ring is 1. The van der Waals surface area contributed by atoms with E-state index in [-0.39, 0.29) is 5.75 Å². The number of aliphatic hydroxyl groups is 2. The van der Waals surface area contributed by atoms with Gasteiger partial charge in [-0.15, -0.1) is 0 Å². The minimum Gasteiger partial charge on any atom is -0.397 e. The van der Waals surface area contributed by atoms with E-state index in [9.17, 15) is 10.2 Å². The topological polar surface area (TPSA) is 82.6 Å². The Balaban J connectivity index is 2.25. The van der Waals surface area contributed by atoms with Gasteiger partial charge in [-0.2, -0.15) is 11.8 Å². The van der Waals surface area contributed by atoms with Crippen molar-refractivity contribution in [3.8, 4) is 0 Å². The summed E-state index contributed by atoms with van der Waals surface area (Å²) in [4.78, 5) is 5.54. The minimum atomic E-state index is -1.81. The summed E-state index contributed by atoms with van der Waals surface area (Å²) in [5.41, 5.74) is 6.08. The van der Waals surface area contributed by atoms with E-state index in [1.54, 1.807) is 12.1 Å². The van der Waals surface area contributed by atoms with E-state index in [0.717, 1.165) is 5.75 Å².